The molecule has 3 aromatic heterocycles. The van der Waals surface area contributed by atoms with Crippen molar-refractivity contribution in [3.05, 3.63) is 54.3 Å². The minimum absolute atomic E-state index is 0.147. The molecule has 1 saturated carbocycles. The predicted molar refractivity (Wildman–Crippen MR) is 112 cm³/mol. The largest absolute Gasteiger partial charge is 0.474 e. The number of rotatable bonds is 6. The first-order chi connectivity index (χ1) is 14.8. The summed E-state index contributed by atoms with van der Waals surface area (Å²) in [4.78, 5) is 15.7. The Morgan fingerprint density at radius 2 is 1.97 bits per heavy atom. The molecule has 30 heavy (non-hydrogen) atoms. The molecule has 2 aliphatic rings. The van der Waals surface area contributed by atoms with Gasteiger partial charge in [-0.3, -0.25) is 9.88 Å². The van der Waals surface area contributed by atoms with Crippen LogP contribution in [0.25, 0.3) is 11.4 Å². The molecule has 7 nitrogen and oxygen atoms in total. The van der Waals surface area contributed by atoms with Crippen LogP contribution in [0.2, 0.25) is 0 Å². The van der Waals surface area contributed by atoms with Gasteiger partial charge in [0.2, 0.25) is 17.6 Å². The first-order valence-electron chi connectivity index (χ1n) is 10.9. The highest BCUT2D eigenvalue weighted by atomic mass is 16.5. The molecule has 1 atom stereocenters. The Kier molecular flexibility index (Phi) is 5.70. The lowest BCUT2D eigenvalue weighted by Crippen LogP contribution is -2.23. The van der Waals surface area contributed by atoms with Crippen molar-refractivity contribution < 1.29 is 9.26 Å². The third kappa shape index (κ3) is 4.36. The fraction of sp³-hybridized carbons (Fsp3) is 0.478. The van der Waals surface area contributed by atoms with Gasteiger partial charge in [-0.1, -0.05) is 17.6 Å². The molecule has 1 aliphatic heterocycles. The third-order valence-electron chi connectivity index (χ3n) is 6.03. The molecule has 0 radical (unpaired) electrons. The second-order valence-electron chi connectivity index (χ2n) is 8.21. The quantitative estimate of drug-likeness (QED) is 0.594. The number of nitrogens with zero attached hydrogens (tertiary/aromatic N) is 5. The maximum atomic E-state index is 6.02. The van der Waals surface area contributed by atoms with Gasteiger partial charge >= 0.3 is 0 Å². The number of ether oxygens (including phenoxy) is 1. The normalized spacial score (nSPS) is 20.5. The van der Waals surface area contributed by atoms with Gasteiger partial charge in [0.05, 0.1) is 6.04 Å². The number of pyridine rings is 2. The first kappa shape index (κ1) is 19.2. The molecule has 0 N–H and O–H groups in total. The lowest BCUT2D eigenvalue weighted by molar-refractivity contribution is 0.148. The van der Waals surface area contributed by atoms with Crippen LogP contribution in [0.4, 0.5) is 0 Å². The average Bonchev–Trinajstić information content (AvgIpc) is 3.45. The third-order valence-corrected chi connectivity index (χ3v) is 6.03. The Balaban J connectivity index is 1.25. The van der Waals surface area contributed by atoms with Crippen LogP contribution in [0.15, 0.2) is 47.4 Å². The van der Waals surface area contributed by atoms with Gasteiger partial charge in [-0.2, -0.15) is 4.98 Å². The fourth-order valence-corrected chi connectivity index (χ4v) is 4.45. The van der Waals surface area contributed by atoms with E-state index >= 15 is 0 Å². The van der Waals surface area contributed by atoms with Crippen LogP contribution in [-0.4, -0.2) is 37.7 Å². The van der Waals surface area contributed by atoms with Crippen LogP contribution in [-0.2, 0) is 6.54 Å². The van der Waals surface area contributed by atoms with Crippen LogP contribution >= 0.6 is 0 Å². The number of likely N-dealkylation sites (tertiary alicyclic amines) is 1. The highest BCUT2D eigenvalue weighted by Gasteiger charge is 2.31. The molecule has 0 amide bonds. The zero-order chi connectivity index (χ0) is 20.2. The predicted octanol–water partition coefficient (Wildman–Crippen LogP) is 4.58. The highest BCUT2D eigenvalue weighted by molar-refractivity contribution is 5.53. The van der Waals surface area contributed by atoms with Crippen LogP contribution in [0, 0.1) is 0 Å². The first-order valence-corrected chi connectivity index (χ1v) is 10.9. The summed E-state index contributed by atoms with van der Waals surface area (Å²) in [5.74, 6) is 1.93. The van der Waals surface area contributed by atoms with Crippen LogP contribution in [0.1, 0.15) is 62.4 Å². The maximum Gasteiger partial charge on any atom is 0.244 e. The van der Waals surface area contributed by atoms with Gasteiger partial charge in [-0.25, -0.2) is 4.98 Å². The number of aromatic nitrogens is 4. The fourth-order valence-electron chi connectivity index (χ4n) is 4.45. The molecule has 3 aromatic rings. The van der Waals surface area contributed by atoms with Crippen molar-refractivity contribution in [2.75, 3.05) is 6.54 Å². The standard InChI is InChI=1S/C23H27N5O2/c1-2-7-19(8-3-1)29-21-11-10-18(15-25-21)22-26-23(30-27-22)20-9-5-13-28(20)16-17-6-4-12-24-14-17/h4,6,10-12,14-15,19-20H,1-3,5,7-9,13,16H2. The van der Waals surface area contributed by atoms with Crippen molar-refractivity contribution in [1.82, 2.24) is 25.0 Å². The Morgan fingerprint density at radius 1 is 1.03 bits per heavy atom. The SMILES string of the molecule is c1cncc(CN2CCCC2c2nc(-c3ccc(OC4CCCCC4)nc3)no2)c1. The topological polar surface area (TPSA) is 77.2 Å². The summed E-state index contributed by atoms with van der Waals surface area (Å²) in [6.07, 6.45) is 14.0. The average molecular weight is 406 g/mol. The molecule has 0 bridgehead atoms. The summed E-state index contributed by atoms with van der Waals surface area (Å²) in [6, 6.07) is 8.09. The van der Waals surface area contributed by atoms with Gasteiger partial charge in [0.25, 0.3) is 0 Å². The summed E-state index contributed by atoms with van der Waals surface area (Å²) in [5.41, 5.74) is 2.04. The zero-order valence-corrected chi connectivity index (χ0v) is 17.1. The molecule has 0 spiro atoms. The summed E-state index contributed by atoms with van der Waals surface area (Å²) in [5, 5.41) is 4.21. The van der Waals surface area contributed by atoms with E-state index in [0.717, 1.165) is 44.3 Å². The molecular weight excluding hydrogens is 378 g/mol. The lowest BCUT2D eigenvalue weighted by atomic mass is 9.98. The summed E-state index contributed by atoms with van der Waals surface area (Å²) in [6.45, 7) is 1.86. The second kappa shape index (κ2) is 8.92. The van der Waals surface area contributed by atoms with Crippen molar-refractivity contribution >= 4 is 0 Å². The molecular formula is C23H27N5O2. The van der Waals surface area contributed by atoms with E-state index in [1.165, 1.54) is 24.8 Å². The van der Waals surface area contributed by atoms with E-state index in [9.17, 15) is 0 Å². The molecule has 2 fully saturated rings. The van der Waals surface area contributed by atoms with Gasteiger partial charge in [-0.15, -0.1) is 0 Å². The van der Waals surface area contributed by atoms with E-state index < -0.39 is 0 Å². The van der Waals surface area contributed by atoms with Gasteiger partial charge in [0.1, 0.15) is 6.10 Å². The van der Waals surface area contributed by atoms with Crippen molar-refractivity contribution in [2.45, 2.75) is 63.6 Å². The van der Waals surface area contributed by atoms with E-state index in [4.69, 9.17) is 9.26 Å². The van der Waals surface area contributed by atoms with E-state index in [1.807, 2.05) is 24.4 Å². The van der Waals surface area contributed by atoms with E-state index in [0.29, 0.717) is 23.7 Å². The second-order valence-corrected chi connectivity index (χ2v) is 8.21. The Morgan fingerprint density at radius 3 is 2.77 bits per heavy atom. The van der Waals surface area contributed by atoms with Crippen molar-refractivity contribution in [1.29, 1.82) is 0 Å². The van der Waals surface area contributed by atoms with Crippen LogP contribution in [0.5, 0.6) is 5.88 Å². The van der Waals surface area contributed by atoms with Crippen molar-refractivity contribution in [2.24, 2.45) is 0 Å². The van der Waals surface area contributed by atoms with Gasteiger partial charge in [0.15, 0.2) is 0 Å². The van der Waals surface area contributed by atoms with E-state index in [-0.39, 0.29) is 6.04 Å². The molecule has 1 aliphatic carbocycles. The zero-order valence-electron chi connectivity index (χ0n) is 17.1. The van der Waals surface area contributed by atoms with Crippen molar-refractivity contribution in [3.63, 3.8) is 0 Å². The van der Waals surface area contributed by atoms with Gasteiger partial charge < -0.3 is 9.26 Å². The van der Waals surface area contributed by atoms with Gasteiger partial charge in [-0.05, 0) is 62.8 Å². The number of hydrogen-bond donors (Lipinski definition) is 0. The Labute approximate surface area is 176 Å². The van der Waals surface area contributed by atoms with Crippen molar-refractivity contribution in [3.8, 4) is 17.3 Å². The summed E-state index contributed by atoms with van der Waals surface area (Å²) >= 11 is 0. The molecule has 0 aromatic carbocycles. The molecule has 156 valence electrons. The summed E-state index contributed by atoms with van der Waals surface area (Å²) in [7, 11) is 0. The highest BCUT2D eigenvalue weighted by Crippen LogP contribution is 2.33. The molecule has 4 heterocycles. The molecule has 7 heteroatoms. The Bertz CT molecular complexity index is 938. The van der Waals surface area contributed by atoms with Gasteiger partial charge in [0, 0.05) is 36.8 Å². The summed E-state index contributed by atoms with van der Waals surface area (Å²) < 4.78 is 11.7. The minimum atomic E-state index is 0.147. The Hall–Kier alpha value is -2.80. The monoisotopic (exact) mass is 405 g/mol. The smallest absolute Gasteiger partial charge is 0.244 e. The minimum Gasteiger partial charge on any atom is -0.474 e. The molecule has 1 unspecified atom stereocenters. The van der Waals surface area contributed by atoms with E-state index in [2.05, 4.69) is 31.1 Å². The lowest BCUT2D eigenvalue weighted by Gasteiger charge is -2.22. The van der Waals surface area contributed by atoms with Crippen LogP contribution in [0.3, 0.4) is 0 Å². The molecule has 5 rings (SSSR count). The molecule has 1 saturated heterocycles. The number of hydrogen-bond acceptors (Lipinski definition) is 7. The van der Waals surface area contributed by atoms with Crippen LogP contribution < -0.4 is 4.74 Å². The van der Waals surface area contributed by atoms with E-state index in [1.54, 1.807) is 12.4 Å². The maximum absolute atomic E-state index is 6.02.